The molecule has 1 saturated heterocycles. The molecule has 1 aliphatic carbocycles. The van der Waals surface area contributed by atoms with Gasteiger partial charge in [0.05, 0.1) is 24.0 Å². The van der Waals surface area contributed by atoms with Gasteiger partial charge < -0.3 is 4.90 Å². The average molecular weight is 493 g/mol. The number of fused-ring (bicyclic) bond motifs is 4. The quantitative estimate of drug-likeness (QED) is 0.325. The third kappa shape index (κ3) is 4.06. The van der Waals surface area contributed by atoms with Gasteiger partial charge in [-0.2, -0.15) is 0 Å². The fraction of sp³-hybridized carbons (Fsp3) is 0.462. The second-order valence-corrected chi connectivity index (χ2v) is 11.5. The van der Waals surface area contributed by atoms with Gasteiger partial charge in [0.2, 0.25) is 0 Å². The van der Waals surface area contributed by atoms with Crippen LogP contribution >= 0.6 is 23.1 Å². The zero-order valence-electron chi connectivity index (χ0n) is 19.6. The minimum absolute atomic E-state index is 0.0359. The molecular weight excluding hydrogens is 462 g/mol. The van der Waals surface area contributed by atoms with Crippen molar-refractivity contribution in [3.05, 3.63) is 50.9 Å². The Morgan fingerprint density at radius 3 is 2.76 bits per heavy atom. The van der Waals surface area contributed by atoms with E-state index in [-0.39, 0.29) is 5.56 Å². The van der Waals surface area contributed by atoms with E-state index in [1.165, 1.54) is 54.6 Å². The number of aromatic nitrogens is 4. The van der Waals surface area contributed by atoms with Crippen LogP contribution in [0.25, 0.3) is 21.1 Å². The summed E-state index contributed by atoms with van der Waals surface area (Å²) in [6, 6.07) is 7.66. The molecule has 0 spiro atoms. The molecule has 0 saturated carbocycles. The van der Waals surface area contributed by atoms with Crippen LogP contribution in [0.3, 0.4) is 0 Å². The van der Waals surface area contributed by atoms with Crippen LogP contribution in [0.1, 0.15) is 55.3 Å². The van der Waals surface area contributed by atoms with E-state index in [2.05, 4.69) is 6.92 Å². The zero-order chi connectivity index (χ0) is 23.1. The predicted octanol–water partition coefficient (Wildman–Crippen LogP) is 4.02. The van der Waals surface area contributed by atoms with Crippen LogP contribution in [-0.2, 0) is 25.9 Å². The second kappa shape index (κ2) is 9.40. The molecule has 4 aromatic rings. The number of hydrogen-bond donors (Lipinski definition) is 1. The summed E-state index contributed by atoms with van der Waals surface area (Å²) in [5.74, 6) is 0.928. The monoisotopic (exact) mass is 492 g/mol. The number of rotatable bonds is 6. The summed E-state index contributed by atoms with van der Waals surface area (Å²) in [6.45, 7) is 6.03. The maximum absolute atomic E-state index is 13.3. The van der Waals surface area contributed by atoms with Crippen LogP contribution in [0.5, 0.6) is 0 Å². The van der Waals surface area contributed by atoms with E-state index in [9.17, 15) is 4.79 Å². The Hall–Kier alpha value is -2.29. The zero-order valence-corrected chi connectivity index (χ0v) is 21.2. The third-order valence-corrected chi connectivity index (χ3v) is 9.18. The number of piperidine rings is 1. The van der Waals surface area contributed by atoms with Crippen molar-refractivity contribution in [2.75, 3.05) is 13.1 Å². The van der Waals surface area contributed by atoms with Crippen LogP contribution in [0.4, 0.5) is 0 Å². The molecule has 1 aromatic carbocycles. The van der Waals surface area contributed by atoms with Gasteiger partial charge in [0.25, 0.3) is 5.56 Å². The summed E-state index contributed by atoms with van der Waals surface area (Å²) in [4.78, 5) is 32.6. The number of nitrogens with zero attached hydrogens (tertiary/aromatic N) is 4. The summed E-state index contributed by atoms with van der Waals surface area (Å²) >= 11 is 3.40. The first-order chi connectivity index (χ1) is 16.7. The lowest BCUT2D eigenvalue weighted by Gasteiger charge is -2.22. The molecule has 176 valence electrons. The molecule has 1 aliphatic heterocycles. The Morgan fingerprint density at radius 1 is 1.06 bits per heavy atom. The Labute approximate surface area is 207 Å². The maximum Gasteiger partial charge on any atom is 0.262 e. The van der Waals surface area contributed by atoms with Crippen molar-refractivity contribution in [2.24, 2.45) is 0 Å². The van der Waals surface area contributed by atoms with E-state index in [0.29, 0.717) is 11.9 Å². The van der Waals surface area contributed by atoms with Crippen LogP contribution in [0, 0.1) is 0 Å². The van der Waals surface area contributed by atoms with Crippen LogP contribution in [0.15, 0.2) is 39.2 Å². The van der Waals surface area contributed by atoms with E-state index < -0.39 is 0 Å². The molecule has 0 amide bonds. The first-order valence-corrected chi connectivity index (χ1v) is 14.2. The number of nitrogens with one attached hydrogen (secondary N) is 1. The van der Waals surface area contributed by atoms with Gasteiger partial charge in [-0.3, -0.25) is 9.36 Å². The van der Waals surface area contributed by atoms with Gasteiger partial charge in [-0.15, -0.1) is 11.3 Å². The normalized spacial score (nSPS) is 16.5. The lowest BCUT2D eigenvalue weighted by molar-refractivity contribution is -0.919. The topological polar surface area (TPSA) is 65.1 Å². The van der Waals surface area contributed by atoms with E-state index >= 15 is 0 Å². The van der Waals surface area contributed by atoms with Crippen molar-refractivity contribution in [2.45, 2.75) is 75.1 Å². The van der Waals surface area contributed by atoms with Gasteiger partial charge in [-0.25, -0.2) is 15.0 Å². The molecular formula is C26H30N5OS2+. The van der Waals surface area contributed by atoms with Gasteiger partial charge in [-0.05, 0) is 74.4 Å². The summed E-state index contributed by atoms with van der Waals surface area (Å²) in [5.41, 5.74) is 2.21. The molecule has 0 bridgehead atoms. The summed E-state index contributed by atoms with van der Waals surface area (Å²) < 4.78 is 1.84. The van der Waals surface area contributed by atoms with Gasteiger partial charge in [0.15, 0.2) is 11.0 Å². The number of thiophene rings is 1. The Balaban J connectivity index is 1.48. The molecule has 0 atom stereocenters. The highest BCUT2D eigenvalue weighted by atomic mass is 32.2. The van der Waals surface area contributed by atoms with E-state index in [4.69, 9.17) is 15.0 Å². The first-order valence-electron chi connectivity index (χ1n) is 12.5. The number of likely N-dealkylation sites (tertiary alicyclic amines) is 1. The van der Waals surface area contributed by atoms with Crippen LogP contribution < -0.4 is 10.5 Å². The molecule has 8 heteroatoms. The number of hydrogen-bond acceptors (Lipinski definition) is 6. The number of quaternary nitrogens is 1. The standard InChI is InChI=1S/C26H29N5OS2/c1-2-13-31-25(32)17-9-4-5-11-19(17)27-26(31)34-24-22-18-10-8-12-20(18)33-23(22)28-21(29-24)16-30-14-6-3-7-15-30/h4-5,9,11H,2-3,6-8,10,12-16H2,1H3/p+1. The second-order valence-electron chi connectivity index (χ2n) is 9.44. The predicted molar refractivity (Wildman–Crippen MR) is 138 cm³/mol. The van der Waals surface area contributed by atoms with Gasteiger partial charge >= 0.3 is 0 Å². The van der Waals surface area contributed by atoms with Crippen molar-refractivity contribution in [1.82, 2.24) is 19.5 Å². The van der Waals surface area contributed by atoms with Gasteiger partial charge in [0.1, 0.15) is 16.4 Å². The fourth-order valence-corrected chi connectivity index (χ4v) is 7.76. The average Bonchev–Trinajstić information content (AvgIpc) is 3.43. The Bertz CT molecular complexity index is 1420. The Kier molecular flexibility index (Phi) is 6.13. The highest BCUT2D eigenvalue weighted by Crippen LogP contribution is 2.42. The third-order valence-electron chi connectivity index (χ3n) is 7.01. The SMILES string of the molecule is CCCn1c(Sc2nc(C[NH+]3CCCCC3)nc3sc4c(c23)CCC4)nc2ccccc2c1=O. The van der Waals surface area contributed by atoms with E-state index in [1.807, 2.05) is 40.2 Å². The lowest BCUT2D eigenvalue weighted by atomic mass is 10.1. The molecule has 6 nitrogen and oxygen atoms in total. The molecule has 0 unspecified atom stereocenters. The number of aryl methyl sites for hydroxylation is 2. The fourth-order valence-electron chi connectivity index (χ4n) is 5.34. The van der Waals surface area contributed by atoms with E-state index in [1.54, 1.807) is 16.7 Å². The largest absolute Gasteiger partial charge is 0.329 e. The van der Waals surface area contributed by atoms with Gasteiger partial charge in [-0.1, -0.05) is 19.1 Å². The molecule has 34 heavy (non-hydrogen) atoms. The lowest BCUT2D eigenvalue weighted by Crippen LogP contribution is -3.11. The van der Waals surface area contributed by atoms with Gasteiger partial charge in [0, 0.05) is 16.8 Å². The maximum atomic E-state index is 13.3. The highest BCUT2D eigenvalue weighted by Gasteiger charge is 2.25. The minimum atomic E-state index is 0.0359. The van der Waals surface area contributed by atoms with Crippen molar-refractivity contribution in [3.63, 3.8) is 0 Å². The Morgan fingerprint density at radius 2 is 1.91 bits per heavy atom. The molecule has 1 N–H and O–H groups in total. The molecule has 1 fully saturated rings. The minimum Gasteiger partial charge on any atom is -0.329 e. The molecule has 3 aromatic heterocycles. The van der Waals surface area contributed by atoms with Crippen molar-refractivity contribution in [1.29, 1.82) is 0 Å². The molecule has 6 rings (SSSR count). The van der Waals surface area contributed by atoms with Crippen LogP contribution in [0.2, 0.25) is 0 Å². The number of para-hydroxylation sites is 1. The number of benzene rings is 1. The smallest absolute Gasteiger partial charge is 0.262 e. The molecule has 4 heterocycles. The summed E-state index contributed by atoms with van der Waals surface area (Å²) in [5, 5.41) is 3.59. The molecule has 0 radical (unpaired) electrons. The first kappa shape index (κ1) is 22.2. The van der Waals surface area contributed by atoms with Crippen LogP contribution in [-0.4, -0.2) is 32.6 Å². The summed E-state index contributed by atoms with van der Waals surface area (Å²) in [6.07, 6.45) is 8.23. The van der Waals surface area contributed by atoms with Crippen molar-refractivity contribution < 1.29 is 4.90 Å². The molecule has 2 aliphatic rings. The summed E-state index contributed by atoms with van der Waals surface area (Å²) in [7, 11) is 0. The van der Waals surface area contributed by atoms with E-state index in [0.717, 1.165) is 52.2 Å². The van der Waals surface area contributed by atoms with Crippen molar-refractivity contribution >= 4 is 44.2 Å². The highest BCUT2D eigenvalue weighted by molar-refractivity contribution is 7.99. The van der Waals surface area contributed by atoms with Crippen molar-refractivity contribution in [3.8, 4) is 0 Å².